The Morgan fingerprint density at radius 1 is 0.893 bits per heavy atom. The van der Waals surface area contributed by atoms with Crippen molar-refractivity contribution < 1.29 is 4.79 Å². The highest BCUT2D eigenvalue weighted by molar-refractivity contribution is 7.99. The van der Waals surface area contributed by atoms with Crippen LogP contribution in [-0.2, 0) is 4.79 Å². The number of hydrogen-bond donors (Lipinski definition) is 1. The first-order valence-electron chi connectivity index (χ1n) is 9.34. The molecule has 0 saturated carbocycles. The number of rotatable bonds is 6. The standard InChI is InChI=1S/C23H25N3OS/c1-23(2,3)26-21(27)14-15-28-22-24-19(17-10-6-4-7-11-17)16-20(25-22)18-12-8-5-9-13-18/h4-13,16H,14-15H2,1-3H3,(H,26,27). The molecule has 0 bridgehead atoms. The quantitative estimate of drug-likeness (QED) is 0.463. The van der Waals surface area contributed by atoms with Gasteiger partial charge in [-0.25, -0.2) is 9.97 Å². The zero-order valence-electron chi connectivity index (χ0n) is 16.5. The van der Waals surface area contributed by atoms with Gasteiger partial charge in [0.2, 0.25) is 5.91 Å². The Kier molecular flexibility index (Phi) is 6.47. The van der Waals surface area contributed by atoms with Crippen LogP contribution in [-0.4, -0.2) is 27.2 Å². The second kappa shape index (κ2) is 9.02. The van der Waals surface area contributed by atoms with E-state index in [-0.39, 0.29) is 11.4 Å². The van der Waals surface area contributed by atoms with Crippen molar-refractivity contribution in [3.05, 3.63) is 66.7 Å². The summed E-state index contributed by atoms with van der Waals surface area (Å²) in [6.45, 7) is 5.95. The van der Waals surface area contributed by atoms with Crippen molar-refractivity contribution in [3.63, 3.8) is 0 Å². The molecule has 0 spiro atoms. The highest BCUT2D eigenvalue weighted by atomic mass is 32.2. The molecule has 28 heavy (non-hydrogen) atoms. The van der Waals surface area contributed by atoms with E-state index in [1.54, 1.807) is 0 Å². The lowest BCUT2D eigenvalue weighted by molar-refractivity contribution is -0.122. The molecule has 3 aromatic rings. The highest BCUT2D eigenvalue weighted by Crippen LogP contribution is 2.27. The normalized spacial score (nSPS) is 11.2. The number of amides is 1. The van der Waals surface area contributed by atoms with Crippen LogP contribution in [0.1, 0.15) is 27.2 Å². The fourth-order valence-corrected chi connectivity index (χ4v) is 3.51. The molecule has 2 aromatic carbocycles. The van der Waals surface area contributed by atoms with Gasteiger partial charge in [0.25, 0.3) is 0 Å². The van der Waals surface area contributed by atoms with Crippen LogP contribution in [0.5, 0.6) is 0 Å². The number of benzene rings is 2. The molecular weight excluding hydrogens is 366 g/mol. The van der Waals surface area contributed by atoms with Gasteiger partial charge in [-0.3, -0.25) is 4.79 Å². The zero-order valence-corrected chi connectivity index (χ0v) is 17.3. The van der Waals surface area contributed by atoms with Crippen molar-refractivity contribution in [2.24, 2.45) is 0 Å². The van der Waals surface area contributed by atoms with E-state index < -0.39 is 0 Å². The summed E-state index contributed by atoms with van der Waals surface area (Å²) in [7, 11) is 0. The van der Waals surface area contributed by atoms with Crippen LogP contribution in [0, 0.1) is 0 Å². The number of nitrogens with zero attached hydrogens (tertiary/aromatic N) is 2. The SMILES string of the molecule is CC(C)(C)NC(=O)CCSc1nc(-c2ccccc2)cc(-c2ccccc2)n1. The molecule has 0 saturated heterocycles. The second-order valence-electron chi connectivity index (χ2n) is 7.55. The molecule has 0 atom stereocenters. The molecule has 0 unspecified atom stereocenters. The van der Waals surface area contributed by atoms with Gasteiger partial charge in [-0.05, 0) is 26.8 Å². The maximum absolute atomic E-state index is 12.1. The summed E-state index contributed by atoms with van der Waals surface area (Å²) in [6.07, 6.45) is 0.432. The number of aromatic nitrogens is 2. The molecule has 3 rings (SSSR count). The molecule has 144 valence electrons. The molecule has 1 amide bonds. The number of carbonyl (C=O) groups excluding carboxylic acids is 1. The van der Waals surface area contributed by atoms with Crippen LogP contribution in [0.15, 0.2) is 71.9 Å². The van der Waals surface area contributed by atoms with E-state index in [2.05, 4.69) is 5.32 Å². The lowest BCUT2D eigenvalue weighted by atomic mass is 10.1. The molecule has 5 heteroatoms. The Morgan fingerprint density at radius 2 is 1.39 bits per heavy atom. The van der Waals surface area contributed by atoms with E-state index >= 15 is 0 Å². The minimum absolute atomic E-state index is 0.0440. The lowest BCUT2D eigenvalue weighted by Gasteiger charge is -2.20. The van der Waals surface area contributed by atoms with Crippen molar-refractivity contribution in [2.75, 3.05) is 5.75 Å². The van der Waals surface area contributed by atoms with Gasteiger partial charge in [-0.1, -0.05) is 72.4 Å². The summed E-state index contributed by atoms with van der Waals surface area (Å²) in [4.78, 5) is 21.5. The summed E-state index contributed by atoms with van der Waals surface area (Å²) in [5.41, 5.74) is 3.65. The number of hydrogen-bond acceptors (Lipinski definition) is 4. The van der Waals surface area contributed by atoms with Crippen LogP contribution in [0.25, 0.3) is 22.5 Å². The Hall–Kier alpha value is -2.66. The first-order valence-corrected chi connectivity index (χ1v) is 10.3. The third-order valence-corrected chi connectivity index (χ3v) is 4.77. The van der Waals surface area contributed by atoms with Crippen LogP contribution >= 0.6 is 11.8 Å². The fraction of sp³-hybridized carbons (Fsp3) is 0.261. The fourth-order valence-electron chi connectivity index (χ4n) is 2.72. The molecule has 0 radical (unpaired) electrons. The predicted octanol–water partition coefficient (Wildman–Crippen LogP) is 5.21. The van der Waals surface area contributed by atoms with Gasteiger partial charge in [-0.15, -0.1) is 0 Å². The molecule has 1 N–H and O–H groups in total. The van der Waals surface area contributed by atoms with Gasteiger partial charge in [-0.2, -0.15) is 0 Å². The monoisotopic (exact) mass is 391 g/mol. The average Bonchev–Trinajstić information content (AvgIpc) is 2.68. The Morgan fingerprint density at radius 3 is 1.86 bits per heavy atom. The summed E-state index contributed by atoms with van der Waals surface area (Å²) in [5, 5.41) is 3.67. The zero-order chi connectivity index (χ0) is 20.0. The van der Waals surface area contributed by atoms with Crippen molar-refractivity contribution in [3.8, 4) is 22.5 Å². The minimum atomic E-state index is -0.216. The van der Waals surface area contributed by atoms with E-state index in [1.165, 1.54) is 11.8 Å². The Balaban J connectivity index is 1.81. The van der Waals surface area contributed by atoms with Crippen molar-refractivity contribution >= 4 is 17.7 Å². The number of carbonyl (C=O) groups is 1. The van der Waals surface area contributed by atoms with Gasteiger partial charge in [0.15, 0.2) is 5.16 Å². The van der Waals surface area contributed by atoms with Crippen LogP contribution < -0.4 is 5.32 Å². The third kappa shape index (κ3) is 5.92. The van der Waals surface area contributed by atoms with Gasteiger partial charge < -0.3 is 5.32 Å². The third-order valence-electron chi connectivity index (χ3n) is 3.92. The predicted molar refractivity (Wildman–Crippen MR) is 116 cm³/mol. The summed E-state index contributed by atoms with van der Waals surface area (Å²) >= 11 is 1.51. The van der Waals surface area contributed by atoms with Crippen LogP contribution in [0.2, 0.25) is 0 Å². The molecular formula is C23H25N3OS. The van der Waals surface area contributed by atoms with E-state index in [4.69, 9.17) is 9.97 Å². The summed E-state index contributed by atoms with van der Waals surface area (Å²) in [6, 6.07) is 22.2. The average molecular weight is 392 g/mol. The van der Waals surface area contributed by atoms with E-state index in [0.717, 1.165) is 22.5 Å². The lowest BCUT2D eigenvalue weighted by Crippen LogP contribution is -2.40. The molecule has 4 nitrogen and oxygen atoms in total. The largest absolute Gasteiger partial charge is 0.351 e. The number of thioether (sulfide) groups is 1. The van der Waals surface area contributed by atoms with E-state index in [9.17, 15) is 4.79 Å². The molecule has 1 aromatic heterocycles. The Labute approximate surface area is 170 Å². The molecule has 0 aliphatic rings. The van der Waals surface area contributed by atoms with Crippen molar-refractivity contribution in [2.45, 2.75) is 37.9 Å². The maximum Gasteiger partial charge on any atom is 0.221 e. The van der Waals surface area contributed by atoms with Crippen LogP contribution in [0.3, 0.4) is 0 Å². The van der Waals surface area contributed by atoms with E-state index in [1.807, 2.05) is 87.5 Å². The van der Waals surface area contributed by atoms with Gasteiger partial charge in [0.05, 0.1) is 11.4 Å². The van der Waals surface area contributed by atoms with Crippen molar-refractivity contribution in [1.29, 1.82) is 0 Å². The maximum atomic E-state index is 12.1. The smallest absolute Gasteiger partial charge is 0.221 e. The van der Waals surface area contributed by atoms with Gasteiger partial charge in [0, 0.05) is 28.8 Å². The Bertz CT molecular complexity index is 864. The molecule has 1 heterocycles. The molecule has 0 aliphatic carbocycles. The first kappa shape index (κ1) is 20.1. The van der Waals surface area contributed by atoms with Gasteiger partial charge in [0.1, 0.15) is 0 Å². The number of nitrogens with one attached hydrogen (secondary N) is 1. The van der Waals surface area contributed by atoms with Crippen molar-refractivity contribution in [1.82, 2.24) is 15.3 Å². The molecule has 0 fully saturated rings. The summed E-state index contributed by atoms with van der Waals surface area (Å²) in [5.74, 6) is 0.677. The van der Waals surface area contributed by atoms with Gasteiger partial charge >= 0.3 is 0 Å². The first-order chi connectivity index (χ1) is 13.4. The highest BCUT2D eigenvalue weighted by Gasteiger charge is 2.14. The van der Waals surface area contributed by atoms with E-state index in [0.29, 0.717) is 17.3 Å². The molecule has 0 aliphatic heterocycles. The summed E-state index contributed by atoms with van der Waals surface area (Å²) < 4.78 is 0. The topological polar surface area (TPSA) is 54.9 Å². The minimum Gasteiger partial charge on any atom is -0.351 e. The van der Waals surface area contributed by atoms with Crippen LogP contribution in [0.4, 0.5) is 0 Å². The second-order valence-corrected chi connectivity index (χ2v) is 8.61.